The summed E-state index contributed by atoms with van der Waals surface area (Å²) < 4.78 is 214. The smallest absolute Gasteiger partial charge is 0.416 e. The summed E-state index contributed by atoms with van der Waals surface area (Å²) in [5.41, 5.74) is 38.3. The van der Waals surface area contributed by atoms with E-state index in [4.69, 9.17) is 28.7 Å². The Morgan fingerprint density at radius 2 is 0.777 bits per heavy atom. The Morgan fingerprint density at radius 1 is 0.385 bits per heavy atom. The molecule has 1 aliphatic carbocycles. The summed E-state index contributed by atoms with van der Waals surface area (Å²) in [7, 11) is 0. The van der Waals surface area contributed by atoms with Crippen molar-refractivity contribution >= 4 is 136 Å². The van der Waals surface area contributed by atoms with Gasteiger partial charge in [0.25, 0.3) is 0 Å². The number of para-hydroxylation sites is 6. The molecule has 1 fully saturated rings. The first kappa shape index (κ1) is 101. The molecule has 0 saturated heterocycles. The van der Waals surface area contributed by atoms with Gasteiger partial charge in [-0.2, -0.15) is 102 Å². The first-order valence-electron chi connectivity index (χ1n) is 44.9. The van der Waals surface area contributed by atoms with Crippen LogP contribution in [-0.2, 0) is 31.6 Å². The number of benzene rings is 8. The third-order valence-corrected chi connectivity index (χ3v) is 21.9. The fraction of sp³-hybridized carbons (Fsp3) is 0.152. The van der Waals surface area contributed by atoms with E-state index < -0.39 is 72.3 Å². The van der Waals surface area contributed by atoms with Gasteiger partial charge in [0.15, 0.2) is 34.7 Å². The molecule has 0 spiro atoms. The Morgan fingerprint density at radius 3 is 1.20 bits per heavy atom. The van der Waals surface area contributed by atoms with E-state index in [2.05, 4.69) is 121 Å². The number of pyridine rings is 2. The fourth-order valence-corrected chi connectivity index (χ4v) is 15.3. The van der Waals surface area contributed by atoms with Gasteiger partial charge in [-0.25, -0.2) is 48.2 Å². The molecule has 0 amide bonds. The van der Waals surface area contributed by atoms with Crippen molar-refractivity contribution < 1.29 is 80.1 Å². The number of nitrogens with two attached hydrogens (primary N) is 5. The van der Waals surface area contributed by atoms with Crippen LogP contribution in [0.4, 0.5) is 152 Å². The molecule has 148 heavy (non-hydrogen) atoms. The Hall–Kier alpha value is -18.8. The normalized spacial score (nSPS) is 11.9. The van der Waals surface area contributed by atoms with Crippen molar-refractivity contribution in [2.24, 2.45) is 0 Å². The zero-order valence-corrected chi connectivity index (χ0v) is 77.7. The highest BCUT2D eigenvalue weighted by atomic mass is 19.4. The third-order valence-electron chi connectivity index (χ3n) is 21.9. The summed E-state index contributed by atoms with van der Waals surface area (Å²) >= 11 is 0. The van der Waals surface area contributed by atoms with Gasteiger partial charge in [0, 0.05) is 96.2 Å². The molecule has 8 aromatic carbocycles. The summed E-state index contributed by atoms with van der Waals surface area (Å²) in [5, 5.41) is 19.1. The van der Waals surface area contributed by atoms with Crippen LogP contribution >= 0.6 is 0 Å². The number of aryl methyl sites for hydroxylation is 4. The number of halogens is 15. The highest BCUT2D eigenvalue weighted by Gasteiger charge is 2.35. The molecule has 1 aliphatic rings. The van der Waals surface area contributed by atoms with Crippen molar-refractivity contribution in [3.05, 3.63) is 307 Å². The van der Waals surface area contributed by atoms with Crippen molar-refractivity contribution in [3.63, 3.8) is 0 Å². The number of fused-ring (bicyclic) bond motifs is 5. The van der Waals surface area contributed by atoms with Crippen LogP contribution < -0.4 is 69.5 Å². The van der Waals surface area contributed by atoms with Gasteiger partial charge in [0.2, 0.25) is 29.6 Å². The molecule has 0 aliphatic heterocycles. The molecule has 15 N–H and O–H groups in total. The number of anilines is 15. The summed E-state index contributed by atoms with van der Waals surface area (Å²) in [6.45, 7) is -1.14. The number of alkyl halides is 12. The van der Waals surface area contributed by atoms with E-state index in [-0.39, 0.29) is 58.1 Å². The maximum atomic E-state index is 14.7. The molecule has 34 nitrogen and oxygen atoms in total. The Bertz CT molecular complexity index is 8170. The largest absolute Gasteiger partial charge is 0.435 e. The highest BCUT2D eigenvalue weighted by molar-refractivity contribution is 5.83. The second-order valence-electron chi connectivity index (χ2n) is 32.3. The lowest BCUT2D eigenvalue weighted by Gasteiger charge is -2.13. The topological polar surface area (TPSA) is 448 Å². The van der Waals surface area contributed by atoms with Crippen LogP contribution in [0.3, 0.4) is 0 Å². The minimum absolute atomic E-state index is 0.000791. The molecule has 12 heterocycles. The van der Waals surface area contributed by atoms with Crippen molar-refractivity contribution in [2.75, 3.05) is 55.3 Å². The molecule has 0 unspecified atom stereocenters. The summed E-state index contributed by atoms with van der Waals surface area (Å²) in [6.07, 6.45) is -2.11. The van der Waals surface area contributed by atoms with Gasteiger partial charge in [-0.3, -0.25) is 18.3 Å². The molecule has 756 valence electrons. The SMILES string of the molecule is CCc1nc2ccccc2n1-c1nc(N)cc(Nc2ccc(C(F)(F)F)cc2)n1.CCc1nc2ccccc2n1-c1nc(N)cc(Nc2ccc(OC(F)F)c(F)c2)n1.CCc1nc2ccccc2n1-c1nc(N)cc(Nc2ccc(OC(F)F)cc2)n1.Cc1nn2ccccc2c1-c1nc(N)cc(Nc2ccc(C(F)(F)F)cc2)n1.Nc1nc(-n2c(C3CC3)nc3ncc(F)cc32)nc(Nc2ccc(OC(F)F)cc2)c1F. The minimum atomic E-state index is -4.38. The summed E-state index contributed by atoms with van der Waals surface area (Å²) in [5.74, 6) is 3.34. The Labute approximate surface area is 827 Å². The molecule has 49 heteroatoms. The van der Waals surface area contributed by atoms with Gasteiger partial charge in [0.05, 0.1) is 72.7 Å². The zero-order chi connectivity index (χ0) is 105. The summed E-state index contributed by atoms with van der Waals surface area (Å²) in [4.78, 5) is 65.9. The molecule has 0 radical (unpaired) electrons. The minimum Gasteiger partial charge on any atom is -0.435 e. The van der Waals surface area contributed by atoms with E-state index in [0.717, 1.165) is 123 Å². The van der Waals surface area contributed by atoms with E-state index in [0.29, 0.717) is 106 Å². The number of nitrogen functional groups attached to an aromatic ring is 5. The Balaban J connectivity index is 0.000000126. The second kappa shape index (κ2) is 43.2. The van der Waals surface area contributed by atoms with Crippen molar-refractivity contribution in [1.82, 2.24) is 103 Å². The predicted molar refractivity (Wildman–Crippen MR) is 526 cm³/mol. The third kappa shape index (κ3) is 23.7. The van der Waals surface area contributed by atoms with E-state index in [1.54, 1.807) is 27.3 Å². The van der Waals surface area contributed by atoms with E-state index in [1.165, 1.54) is 95.6 Å². The number of hydrogen-bond donors (Lipinski definition) is 10. The molecular weight excluding hydrogens is 1960 g/mol. The Kier molecular flexibility index (Phi) is 29.4. The number of hydrogen-bond acceptors (Lipinski definition) is 29. The van der Waals surface area contributed by atoms with Crippen LogP contribution in [0.2, 0.25) is 0 Å². The van der Waals surface area contributed by atoms with E-state index in [1.807, 2.05) is 134 Å². The van der Waals surface area contributed by atoms with Crippen LogP contribution in [0.25, 0.3) is 85.0 Å². The van der Waals surface area contributed by atoms with Crippen LogP contribution in [0.1, 0.15) is 79.6 Å². The molecule has 0 bridgehead atoms. The number of nitrogens with one attached hydrogen (secondary N) is 5. The molecule has 20 aromatic rings. The lowest BCUT2D eigenvalue weighted by atomic mass is 10.2. The monoisotopic (exact) mass is 2040 g/mol. The van der Waals surface area contributed by atoms with E-state index >= 15 is 0 Å². The lowest BCUT2D eigenvalue weighted by molar-refractivity contribution is -0.138. The zero-order valence-electron chi connectivity index (χ0n) is 77.7. The lowest BCUT2D eigenvalue weighted by Crippen LogP contribution is -2.11. The first-order valence-corrected chi connectivity index (χ1v) is 44.9. The van der Waals surface area contributed by atoms with Crippen LogP contribution in [-0.4, -0.2) is 122 Å². The van der Waals surface area contributed by atoms with Crippen LogP contribution in [0.15, 0.2) is 249 Å². The van der Waals surface area contributed by atoms with E-state index in [9.17, 15) is 65.9 Å². The van der Waals surface area contributed by atoms with Gasteiger partial charge in [-0.15, -0.1) is 0 Å². The average Bonchev–Trinajstić information content (AvgIpc) is 1.58. The summed E-state index contributed by atoms with van der Waals surface area (Å²) in [6, 6.07) is 60.3. The van der Waals surface area contributed by atoms with Crippen LogP contribution in [0.5, 0.6) is 17.2 Å². The standard InChI is InChI=1S/C20H15F4N7O.C20H17F3N6O.C20H17F3N6.C20H18F2N6O.C19H15F3N6/c21-10-7-13-16(26-8-10)29-18(9-1-2-9)31(13)20-28-15(25)14(22)17(30-20)27-11-3-5-12(6-4-11)32-19(23)24;1-2-18-26-13-5-3-4-6-14(13)29(18)20-27-16(24)10-17(28-20)25-11-7-8-15(12(21)9-11)30-19(22)23;1-2-18-26-14-5-3-4-6-15(14)29(18)19-27-16(24)11-17(28-19)25-13-9-7-12(8-10-13)20(21,22)23;1-2-18-25-14-5-3-4-6-15(14)28(18)20-26-16(23)11-17(27-20)24-12-7-9-13(10-8-12)29-19(21)22;1-11-17(14-4-2-3-9-28(14)27-11)18-25-15(23)10-16(26-18)24-13-7-5-12(6-8-13)19(20,21)22/h3-9,19H,1-2H2,(H3,25,27,28,30);3-10,19H,2H2,1H3,(H3,24,25,27,28);3-11H,2H2,1H3,(H3,24,25,27,28);3-11,19H,2H2,1H3,(H3,23,24,26,27);2-10H,1H3,(H3,23,24,25,26). The number of ether oxygens (including phenoxy) is 3. The van der Waals surface area contributed by atoms with Gasteiger partial charge in [-0.1, -0.05) is 63.2 Å². The van der Waals surface area contributed by atoms with Gasteiger partial charge in [0.1, 0.15) is 87.2 Å². The second-order valence-corrected chi connectivity index (χ2v) is 32.3. The molecular formula is C99H82F15N31O3. The predicted octanol–water partition coefficient (Wildman–Crippen LogP) is 22.2. The molecule has 0 atom stereocenters. The number of aromatic nitrogens is 21. The average molecular weight is 2040 g/mol. The highest BCUT2D eigenvalue weighted by Crippen LogP contribution is 2.43. The molecule has 21 rings (SSSR count). The number of imidazole rings is 4. The quantitative estimate of drug-likeness (QED) is 0.0238. The van der Waals surface area contributed by atoms with Crippen molar-refractivity contribution in [3.8, 4) is 52.4 Å². The first-order chi connectivity index (χ1) is 71.0. The number of nitrogens with zero attached hydrogens (tertiary/aromatic N) is 21. The van der Waals surface area contributed by atoms with Crippen LogP contribution in [0, 0.1) is 24.4 Å². The fourth-order valence-electron chi connectivity index (χ4n) is 15.3. The van der Waals surface area contributed by atoms with Crippen molar-refractivity contribution in [1.29, 1.82) is 0 Å². The number of rotatable bonds is 25. The van der Waals surface area contributed by atoms with Gasteiger partial charge >= 0.3 is 32.2 Å². The molecule has 12 aromatic heterocycles. The van der Waals surface area contributed by atoms with Crippen molar-refractivity contribution in [2.45, 2.75) is 97.9 Å². The van der Waals surface area contributed by atoms with Gasteiger partial charge in [-0.05, 0) is 177 Å². The maximum absolute atomic E-state index is 14.7. The van der Waals surface area contributed by atoms with Gasteiger partial charge < -0.3 is 69.5 Å². The maximum Gasteiger partial charge on any atom is 0.416 e. The molecule has 1 saturated carbocycles.